The van der Waals surface area contributed by atoms with Crippen LogP contribution in [0.5, 0.6) is 5.75 Å². The standard InChI is InChI=1S/C22H23ClN2O/c1-17-11-12-19(15-20(17)23)24-13-14-25-21-9-5-6-10-22(21)26-16-18-7-3-2-4-8-18/h2-12,15,24-25H,13-14,16H2,1H3. The van der Waals surface area contributed by atoms with Crippen molar-refractivity contribution in [3.63, 3.8) is 0 Å². The van der Waals surface area contributed by atoms with Gasteiger partial charge in [0.25, 0.3) is 0 Å². The van der Waals surface area contributed by atoms with Gasteiger partial charge in [0.05, 0.1) is 5.69 Å². The molecule has 0 aliphatic heterocycles. The number of hydrogen-bond donors (Lipinski definition) is 2. The number of halogens is 1. The summed E-state index contributed by atoms with van der Waals surface area (Å²) in [5.41, 5.74) is 4.25. The molecule has 0 unspecified atom stereocenters. The van der Waals surface area contributed by atoms with Crippen LogP contribution in [0.3, 0.4) is 0 Å². The number of ether oxygens (including phenoxy) is 1. The Bertz CT molecular complexity index is 837. The quantitative estimate of drug-likeness (QED) is 0.498. The Hall–Kier alpha value is -2.65. The van der Waals surface area contributed by atoms with Crippen LogP contribution in [0, 0.1) is 6.92 Å². The SMILES string of the molecule is Cc1ccc(NCCNc2ccccc2OCc2ccccc2)cc1Cl. The Kier molecular flexibility index (Phi) is 6.39. The van der Waals surface area contributed by atoms with Crippen molar-refractivity contribution in [1.82, 2.24) is 0 Å². The van der Waals surface area contributed by atoms with Crippen LogP contribution in [0.25, 0.3) is 0 Å². The fourth-order valence-corrected chi connectivity index (χ4v) is 2.76. The highest BCUT2D eigenvalue weighted by Gasteiger charge is 2.03. The first-order chi connectivity index (χ1) is 12.7. The first-order valence-electron chi connectivity index (χ1n) is 8.72. The molecule has 26 heavy (non-hydrogen) atoms. The summed E-state index contributed by atoms with van der Waals surface area (Å²) in [5.74, 6) is 0.856. The molecule has 0 fully saturated rings. The highest BCUT2D eigenvalue weighted by molar-refractivity contribution is 6.31. The summed E-state index contributed by atoms with van der Waals surface area (Å²) in [6.45, 7) is 4.11. The van der Waals surface area contributed by atoms with Gasteiger partial charge in [0, 0.05) is 23.8 Å². The third-order valence-electron chi connectivity index (χ3n) is 4.07. The van der Waals surface area contributed by atoms with Crippen molar-refractivity contribution < 1.29 is 4.74 Å². The summed E-state index contributed by atoms with van der Waals surface area (Å²) in [7, 11) is 0. The highest BCUT2D eigenvalue weighted by atomic mass is 35.5. The van der Waals surface area contributed by atoms with E-state index in [4.69, 9.17) is 16.3 Å². The van der Waals surface area contributed by atoms with E-state index >= 15 is 0 Å². The minimum Gasteiger partial charge on any atom is -0.487 e. The van der Waals surface area contributed by atoms with Gasteiger partial charge in [-0.15, -0.1) is 0 Å². The molecule has 3 aromatic rings. The molecule has 0 saturated heterocycles. The van der Waals surface area contributed by atoms with Crippen LogP contribution in [0.2, 0.25) is 5.02 Å². The molecule has 0 aromatic heterocycles. The molecule has 134 valence electrons. The lowest BCUT2D eigenvalue weighted by atomic mass is 10.2. The third kappa shape index (κ3) is 5.17. The summed E-state index contributed by atoms with van der Waals surface area (Å²) < 4.78 is 5.97. The van der Waals surface area contributed by atoms with Crippen LogP contribution in [-0.4, -0.2) is 13.1 Å². The number of para-hydroxylation sites is 2. The van der Waals surface area contributed by atoms with Gasteiger partial charge in [-0.2, -0.15) is 0 Å². The molecule has 0 bridgehead atoms. The van der Waals surface area contributed by atoms with E-state index in [-0.39, 0.29) is 0 Å². The number of anilines is 2. The lowest BCUT2D eigenvalue weighted by Gasteiger charge is -2.14. The molecule has 4 heteroatoms. The fourth-order valence-electron chi connectivity index (χ4n) is 2.58. The van der Waals surface area contributed by atoms with E-state index in [1.807, 2.05) is 67.6 Å². The highest BCUT2D eigenvalue weighted by Crippen LogP contribution is 2.24. The molecule has 0 atom stereocenters. The van der Waals surface area contributed by atoms with Crippen molar-refractivity contribution in [1.29, 1.82) is 0 Å². The second-order valence-corrected chi connectivity index (χ2v) is 6.50. The molecule has 0 spiro atoms. The molecule has 3 nitrogen and oxygen atoms in total. The van der Waals surface area contributed by atoms with E-state index in [1.165, 1.54) is 0 Å². The fraction of sp³-hybridized carbons (Fsp3) is 0.182. The maximum absolute atomic E-state index is 6.16. The first kappa shape index (κ1) is 18.2. The van der Waals surface area contributed by atoms with Gasteiger partial charge in [0.1, 0.15) is 12.4 Å². The third-order valence-corrected chi connectivity index (χ3v) is 4.47. The number of benzene rings is 3. The summed E-state index contributed by atoms with van der Waals surface area (Å²) in [6, 6.07) is 24.2. The Labute approximate surface area is 160 Å². The molecule has 2 N–H and O–H groups in total. The van der Waals surface area contributed by atoms with Crippen molar-refractivity contribution in [2.24, 2.45) is 0 Å². The van der Waals surface area contributed by atoms with Crippen molar-refractivity contribution in [3.05, 3.63) is 88.9 Å². The van der Waals surface area contributed by atoms with Crippen molar-refractivity contribution >= 4 is 23.0 Å². The van der Waals surface area contributed by atoms with Crippen molar-refractivity contribution in [2.45, 2.75) is 13.5 Å². The minimum absolute atomic E-state index is 0.555. The van der Waals surface area contributed by atoms with Gasteiger partial charge < -0.3 is 15.4 Å². The lowest BCUT2D eigenvalue weighted by Crippen LogP contribution is -2.14. The molecule has 3 aromatic carbocycles. The van der Waals surface area contributed by atoms with E-state index in [0.717, 1.165) is 46.4 Å². The van der Waals surface area contributed by atoms with Gasteiger partial charge in [-0.25, -0.2) is 0 Å². The number of hydrogen-bond acceptors (Lipinski definition) is 3. The summed E-state index contributed by atoms with van der Waals surface area (Å²) in [5, 5.41) is 7.58. The smallest absolute Gasteiger partial charge is 0.142 e. The minimum atomic E-state index is 0.555. The maximum atomic E-state index is 6.16. The molecule has 0 heterocycles. The Morgan fingerprint density at radius 3 is 2.38 bits per heavy atom. The average Bonchev–Trinajstić information content (AvgIpc) is 2.68. The monoisotopic (exact) mass is 366 g/mol. The van der Waals surface area contributed by atoms with Crippen LogP contribution < -0.4 is 15.4 Å². The molecule has 0 aliphatic carbocycles. The van der Waals surface area contributed by atoms with E-state index in [9.17, 15) is 0 Å². The zero-order valence-corrected chi connectivity index (χ0v) is 15.6. The Morgan fingerprint density at radius 1 is 0.846 bits per heavy atom. The van der Waals surface area contributed by atoms with Crippen molar-refractivity contribution in [3.8, 4) is 5.75 Å². The number of aryl methyl sites for hydroxylation is 1. The van der Waals surface area contributed by atoms with Gasteiger partial charge in [0.15, 0.2) is 0 Å². The molecule has 3 rings (SSSR count). The predicted octanol–water partition coefficient (Wildman–Crippen LogP) is 5.75. The van der Waals surface area contributed by atoms with Gasteiger partial charge in [-0.05, 0) is 42.3 Å². The second kappa shape index (κ2) is 9.16. The molecule has 0 saturated carbocycles. The van der Waals surface area contributed by atoms with E-state index in [2.05, 4.69) is 22.8 Å². The number of rotatable bonds is 8. The second-order valence-electron chi connectivity index (χ2n) is 6.09. The van der Waals surface area contributed by atoms with Crippen molar-refractivity contribution in [2.75, 3.05) is 23.7 Å². The number of nitrogens with one attached hydrogen (secondary N) is 2. The molecule has 0 radical (unpaired) electrons. The summed E-state index contributed by atoms with van der Waals surface area (Å²) in [4.78, 5) is 0. The zero-order valence-electron chi connectivity index (χ0n) is 14.8. The molecule has 0 amide bonds. The normalized spacial score (nSPS) is 10.4. The predicted molar refractivity (Wildman–Crippen MR) is 110 cm³/mol. The van der Waals surface area contributed by atoms with Crippen LogP contribution in [0.1, 0.15) is 11.1 Å². The Morgan fingerprint density at radius 2 is 1.58 bits per heavy atom. The topological polar surface area (TPSA) is 33.3 Å². The first-order valence-corrected chi connectivity index (χ1v) is 9.10. The molecule has 0 aliphatic rings. The summed E-state index contributed by atoms with van der Waals surface area (Å²) >= 11 is 6.16. The van der Waals surface area contributed by atoms with E-state index in [1.54, 1.807) is 0 Å². The van der Waals surface area contributed by atoms with Gasteiger partial charge >= 0.3 is 0 Å². The largest absolute Gasteiger partial charge is 0.487 e. The van der Waals surface area contributed by atoms with E-state index in [0.29, 0.717) is 6.61 Å². The van der Waals surface area contributed by atoms with Gasteiger partial charge in [-0.1, -0.05) is 60.1 Å². The van der Waals surface area contributed by atoms with Crippen LogP contribution in [0.4, 0.5) is 11.4 Å². The average molecular weight is 367 g/mol. The van der Waals surface area contributed by atoms with Gasteiger partial charge in [-0.3, -0.25) is 0 Å². The lowest BCUT2D eigenvalue weighted by molar-refractivity contribution is 0.307. The van der Waals surface area contributed by atoms with Crippen LogP contribution >= 0.6 is 11.6 Å². The zero-order chi connectivity index (χ0) is 18.2. The molecular formula is C22H23ClN2O. The van der Waals surface area contributed by atoms with Crippen LogP contribution in [0.15, 0.2) is 72.8 Å². The van der Waals surface area contributed by atoms with Crippen LogP contribution in [-0.2, 0) is 6.61 Å². The molecular weight excluding hydrogens is 344 g/mol. The van der Waals surface area contributed by atoms with E-state index < -0.39 is 0 Å². The Balaban J connectivity index is 1.50. The van der Waals surface area contributed by atoms with Gasteiger partial charge in [0.2, 0.25) is 0 Å². The maximum Gasteiger partial charge on any atom is 0.142 e. The summed E-state index contributed by atoms with van der Waals surface area (Å²) in [6.07, 6.45) is 0.